The van der Waals surface area contributed by atoms with Crippen molar-refractivity contribution in [3.8, 4) is 18.2 Å². The molecule has 0 fully saturated rings. The van der Waals surface area contributed by atoms with E-state index in [0.29, 0.717) is 0 Å². The molecule has 5 nitrogen and oxygen atoms in total. The fourth-order valence-corrected chi connectivity index (χ4v) is 0.634. The lowest BCUT2D eigenvalue weighted by Gasteiger charge is -1.99. The molecular weight excluding hydrogens is 170 g/mol. The topological polar surface area (TPSA) is 78.1 Å². The summed E-state index contributed by atoms with van der Waals surface area (Å²) in [6.07, 6.45) is 7.48. The lowest BCUT2D eigenvalue weighted by Crippen LogP contribution is -2.13. The van der Waals surface area contributed by atoms with Crippen molar-refractivity contribution in [1.29, 1.82) is 0 Å². The van der Waals surface area contributed by atoms with Gasteiger partial charge in [-0.05, 0) is 0 Å². The molecule has 0 aliphatic heterocycles. The van der Waals surface area contributed by atoms with Crippen LogP contribution in [-0.4, -0.2) is 22.5 Å². The molecule has 1 amide bonds. The van der Waals surface area contributed by atoms with E-state index < -0.39 is 5.91 Å². The van der Waals surface area contributed by atoms with Crippen molar-refractivity contribution in [3.05, 3.63) is 18.1 Å². The van der Waals surface area contributed by atoms with Gasteiger partial charge in [-0.1, -0.05) is 5.92 Å². The average Bonchev–Trinajstić information content (AvgIpc) is 2.15. The molecule has 0 bridgehead atoms. The van der Waals surface area contributed by atoms with Gasteiger partial charge in [0.1, 0.15) is 5.69 Å². The second-order valence-corrected chi connectivity index (χ2v) is 2.10. The number of nitrogens with zero attached hydrogens (tertiary/aromatic N) is 2. The molecule has 0 atom stereocenters. The normalized spacial score (nSPS) is 8.85. The highest BCUT2D eigenvalue weighted by molar-refractivity contribution is 5.90. The summed E-state index contributed by atoms with van der Waals surface area (Å²) >= 11 is 0. The Morgan fingerprint density at radius 1 is 1.62 bits per heavy atom. The zero-order valence-electron chi connectivity index (χ0n) is 6.73. The highest BCUT2D eigenvalue weighted by Crippen LogP contribution is 2.02. The maximum absolute atomic E-state index is 10.6. The van der Waals surface area contributed by atoms with Gasteiger partial charge in [-0.25, -0.2) is 9.97 Å². The van der Waals surface area contributed by atoms with E-state index in [0.717, 1.165) is 0 Å². The summed E-state index contributed by atoms with van der Waals surface area (Å²) in [7, 11) is 0. The summed E-state index contributed by atoms with van der Waals surface area (Å²) in [6, 6.07) is 0. The Kier molecular flexibility index (Phi) is 2.82. The van der Waals surface area contributed by atoms with Crippen LogP contribution in [0.15, 0.2) is 12.4 Å². The number of carbonyl (C=O) groups is 1. The van der Waals surface area contributed by atoms with E-state index in [-0.39, 0.29) is 18.2 Å². The Morgan fingerprint density at radius 2 is 2.38 bits per heavy atom. The summed E-state index contributed by atoms with van der Waals surface area (Å²) in [4.78, 5) is 18.0. The molecule has 0 aliphatic carbocycles. The molecule has 0 spiro atoms. The van der Waals surface area contributed by atoms with Crippen LogP contribution in [0.2, 0.25) is 0 Å². The highest BCUT2D eigenvalue weighted by Gasteiger charge is 2.02. The van der Waals surface area contributed by atoms with Crippen LogP contribution in [0.5, 0.6) is 5.88 Å². The maximum atomic E-state index is 10.6. The molecular formula is C8H7N3O2. The SMILES string of the molecule is C#CCOc1cnc(C(N)=O)cn1. The van der Waals surface area contributed by atoms with Crippen LogP contribution < -0.4 is 10.5 Å². The first-order chi connectivity index (χ1) is 6.24. The molecule has 1 aromatic rings. The second kappa shape index (κ2) is 4.07. The van der Waals surface area contributed by atoms with Crippen molar-refractivity contribution in [2.45, 2.75) is 0 Å². The van der Waals surface area contributed by atoms with Crippen LogP contribution in [0, 0.1) is 12.3 Å². The molecule has 13 heavy (non-hydrogen) atoms. The first-order valence-electron chi connectivity index (χ1n) is 3.42. The predicted molar refractivity (Wildman–Crippen MR) is 44.9 cm³/mol. The van der Waals surface area contributed by atoms with Gasteiger partial charge in [0.25, 0.3) is 5.91 Å². The Morgan fingerprint density at radius 3 is 2.85 bits per heavy atom. The second-order valence-electron chi connectivity index (χ2n) is 2.10. The van der Waals surface area contributed by atoms with Crippen LogP contribution in [0.4, 0.5) is 0 Å². The quantitative estimate of drug-likeness (QED) is 0.636. The van der Waals surface area contributed by atoms with Gasteiger partial charge < -0.3 is 10.5 Å². The van der Waals surface area contributed by atoms with E-state index >= 15 is 0 Å². The van der Waals surface area contributed by atoms with Crippen LogP contribution in [-0.2, 0) is 0 Å². The van der Waals surface area contributed by atoms with Crippen LogP contribution in [0.3, 0.4) is 0 Å². The zero-order chi connectivity index (χ0) is 9.68. The van der Waals surface area contributed by atoms with E-state index in [9.17, 15) is 4.79 Å². The molecule has 0 saturated carbocycles. The minimum atomic E-state index is -0.629. The van der Waals surface area contributed by atoms with Crippen molar-refractivity contribution < 1.29 is 9.53 Å². The molecule has 0 radical (unpaired) electrons. The zero-order valence-corrected chi connectivity index (χ0v) is 6.73. The molecule has 1 heterocycles. The number of amides is 1. The smallest absolute Gasteiger partial charge is 0.268 e. The Hall–Kier alpha value is -2.09. The fourth-order valence-electron chi connectivity index (χ4n) is 0.634. The molecule has 66 valence electrons. The average molecular weight is 177 g/mol. The van der Waals surface area contributed by atoms with Crippen LogP contribution >= 0.6 is 0 Å². The third-order valence-corrected chi connectivity index (χ3v) is 1.18. The van der Waals surface area contributed by atoms with Crippen LogP contribution in [0.1, 0.15) is 10.5 Å². The van der Waals surface area contributed by atoms with Crippen LogP contribution in [0.25, 0.3) is 0 Å². The number of carbonyl (C=O) groups excluding carboxylic acids is 1. The largest absolute Gasteiger partial charge is 0.463 e. The van der Waals surface area contributed by atoms with Gasteiger partial charge >= 0.3 is 0 Å². The third-order valence-electron chi connectivity index (χ3n) is 1.18. The third kappa shape index (κ3) is 2.45. The van der Waals surface area contributed by atoms with E-state index in [1.165, 1.54) is 12.4 Å². The van der Waals surface area contributed by atoms with E-state index in [4.69, 9.17) is 16.9 Å². The van der Waals surface area contributed by atoms with Gasteiger partial charge in [-0.2, -0.15) is 0 Å². The van der Waals surface area contributed by atoms with Crippen molar-refractivity contribution in [2.75, 3.05) is 6.61 Å². The Labute approximate surface area is 74.9 Å². The Balaban J connectivity index is 2.71. The van der Waals surface area contributed by atoms with Crippen molar-refractivity contribution in [3.63, 3.8) is 0 Å². The molecule has 1 rings (SSSR count). The summed E-state index contributed by atoms with van der Waals surface area (Å²) in [5.41, 5.74) is 5.04. The summed E-state index contributed by atoms with van der Waals surface area (Å²) < 4.78 is 4.93. The minimum Gasteiger partial charge on any atom is -0.463 e. The van der Waals surface area contributed by atoms with Gasteiger partial charge in [-0.3, -0.25) is 4.79 Å². The monoisotopic (exact) mass is 177 g/mol. The van der Waals surface area contributed by atoms with Crippen molar-refractivity contribution in [2.24, 2.45) is 5.73 Å². The first-order valence-corrected chi connectivity index (χ1v) is 3.42. The number of terminal acetylenes is 1. The minimum absolute atomic E-state index is 0.0908. The fraction of sp³-hybridized carbons (Fsp3) is 0.125. The van der Waals surface area contributed by atoms with Gasteiger partial charge in [0, 0.05) is 0 Å². The highest BCUT2D eigenvalue weighted by atomic mass is 16.5. The maximum Gasteiger partial charge on any atom is 0.268 e. The van der Waals surface area contributed by atoms with Gasteiger partial charge in [-0.15, -0.1) is 6.42 Å². The predicted octanol–water partition coefficient (Wildman–Crippen LogP) is -0.413. The number of primary amides is 1. The van der Waals surface area contributed by atoms with Crippen molar-refractivity contribution in [1.82, 2.24) is 9.97 Å². The molecule has 1 aromatic heterocycles. The summed E-state index contributed by atoms with van der Waals surface area (Å²) in [6.45, 7) is 0.116. The number of aromatic nitrogens is 2. The van der Waals surface area contributed by atoms with Gasteiger partial charge in [0.2, 0.25) is 5.88 Å². The van der Waals surface area contributed by atoms with Crippen molar-refractivity contribution >= 4 is 5.91 Å². The molecule has 0 unspecified atom stereocenters. The molecule has 5 heteroatoms. The molecule has 0 saturated heterocycles. The standard InChI is InChI=1S/C8H7N3O2/c1-2-3-13-7-5-10-6(4-11-7)8(9)12/h1,4-5H,3H2,(H2,9,12). The Bertz CT molecular complexity index is 339. The lowest BCUT2D eigenvalue weighted by atomic mass is 10.4. The van der Waals surface area contributed by atoms with Gasteiger partial charge in [0.15, 0.2) is 6.61 Å². The van der Waals surface area contributed by atoms with E-state index in [1.807, 2.05) is 0 Å². The van der Waals surface area contributed by atoms with E-state index in [2.05, 4.69) is 15.9 Å². The number of rotatable bonds is 3. The summed E-state index contributed by atoms with van der Waals surface area (Å²) in [5, 5.41) is 0. The first kappa shape index (κ1) is 9.00. The number of ether oxygens (including phenoxy) is 1. The number of hydrogen-bond donors (Lipinski definition) is 1. The van der Waals surface area contributed by atoms with E-state index in [1.54, 1.807) is 0 Å². The molecule has 2 N–H and O–H groups in total. The molecule has 0 aliphatic rings. The number of hydrogen-bond acceptors (Lipinski definition) is 4. The lowest BCUT2D eigenvalue weighted by molar-refractivity contribution is 0.0995. The van der Waals surface area contributed by atoms with Gasteiger partial charge in [0.05, 0.1) is 12.4 Å². The number of nitrogens with two attached hydrogens (primary N) is 1. The summed E-state index contributed by atoms with van der Waals surface area (Å²) in [5.74, 6) is 1.91. The molecule has 0 aromatic carbocycles.